The van der Waals surface area contributed by atoms with Gasteiger partial charge in [0, 0.05) is 0 Å². The first-order valence-corrected chi connectivity index (χ1v) is 5.00. The maximum absolute atomic E-state index is 10.8. The molecule has 0 saturated heterocycles. The molecular formula is C10H20O3. The van der Waals surface area contributed by atoms with Crippen LogP contribution in [0.4, 0.5) is 4.79 Å². The van der Waals surface area contributed by atoms with Crippen LogP contribution in [-0.2, 0) is 9.47 Å². The summed E-state index contributed by atoms with van der Waals surface area (Å²) in [5, 5.41) is 0. The van der Waals surface area contributed by atoms with Gasteiger partial charge in [0.1, 0.15) is 0 Å². The normalized spacial score (nSPS) is 10.2. The Kier molecular flexibility index (Phi) is 7.45. The van der Waals surface area contributed by atoms with Crippen LogP contribution in [0.25, 0.3) is 0 Å². The van der Waals surface area contributed by atoms with Gasteiger partial charge in [-0.25, -0.2) is 4.79 Å². The molecule has 0 spiro atoms. The SMILES string of the molecule is CCCCCCOC(=O)OC(C)C. The van der Waals surface area contributed by atoms with Gasteiger partial charge in [0.25, 0.3) is 0 Å². The zero-order valence-corrected chi connectivity index (χ0v) is 8.84. The van der Waals surface area contributed by atoms with E-state index in [4.69, 9.17) is 9.47 Å². The Balaban J connectivity index is 3.17. The van der Waals surface area contributed by atoms with Crippen LogP contribution in [0.5, 0.6) is 0 Å². The number of carbonyl (C=O) groups is 1. The molecule has 13 heavy (non-hydrogen) atoms. The molecule has 0 atom stereocenters. The number of hydrogen-bond donors (Lipinski definition) is 0. The molecule has 0 aromatic heterocycles. The molecule has 0 aromatic rings. The zero-order chi connectivity index (χ0) is 10.1. The first-order valence-electron chi connectivity index (χ1n) is 5.00. The number of rotatable bonds is 6. The van der Waals surface area contributed by atoms with E-state index in [1.165, 1.54) is 12.8 Å². The van der Waals surface area contributed by atoms with Crippen molar-refractivity contribution in [1.29, 1.82) is 0 Å². The Labute approximate surface area is 80.4 Å². The Morgan fingerprint density at radius 1 is 1.23 bits per heavy atom. The predicted octanol–water partition coefficient (Wildman–Crippen LogP) is 3.13. The molecule has 0 bridgehead atoms. The van der Waals surface area contributed by atoms with E-state index in [9.17, 15) is 4.79 Å². The van der Waals surface area contributed by atoms with Crippen LogP contribution >= 0.6 is 0 Å². The quantitative estimate of drug-likeness (QED) is 0.474. The van der Waals surface area contributed by atoms with Gasteiger partial charge in [-0.3, -0.25) is 0 Å². The summed E-state index contributed by atoms with van der Waals surface area (Å²) in [4.78, 5) is 10.8. The first-order chi connectivity index (χ1) is 6.16. The molecule has 3 heteroatoms. The molecule has 3 nitrogen and oxygen atoms in total. The second kappa shape index (κ2) is 7.90. The van der Waals surface area contributed by atoms with Crippen molar-refractivity contribution in [2.24, 2.45) is 0 Å². The van der Waals surface area contributed by atoms with Gasteiger partial charge in [-0.1, -0.05) is 26.2 Å². The lowest BCUT2D eigenvalue weighted by Crippen LogP contribution is -2.13. The predicted molar refractivity (Wildman–Crippen MR) is 51.7 cm³/mol. The average molecular weight is 188 g/mol. The van der Waals surface area contributed by atoms with Gasteiger partial charge in [-0.15, -0.1) is 0 Å². The molecule has 0 saturated carbocycles. The van der Waals surface area contributed by atoms with E-state index in [0.717, 1.165) is 12.8 Å². The number of carbonyl (C=O) groups excluding carboxylic acids is 1. The van der Waals surface area contributed by atoms with Crippen molar-refractivity contribution < 1.29 is 14.3 Å². The second-order valence-electron chi connectivity index (χ2n) is 3.33. The highest BCUT2D eigenvalue weighted by atomic mass is 16.7. The average Bonchev–Trinajstić information content (AvgIpc) is 2.02. The minimum Gasteiger partial charge on any atom is -0.434 e. The van der Waals surface area contributed by atoms with Gasteiger partial charge in [0.05, 0.1) is 12.7 Å². The maximum atomic E-state index is 10.8. The lowest BCUT2D eigenvalue weighted by atomic mass is 10.2. The summed E-state index contributed by atoms with van der Waals surface area (Å²) >= 11 is 0. The number of unbranched alkanes of at least 4 members (excludes halogenated alkanes) is 3. The van der Waals surface area contributed by atoms with Crippen LogP contribution in [0.15, 0.2) is 0 Å². The van der Waals surface area contributed by atoms with Crippen molar-refractivity contribution in [1.82, 2.24) is 0 Å². The number of hydrogen-bond acceptors (Lipinski definition) is 3. The van der Waals surface area contributed by atoms with E-state index < -0.39 is 6.16 Å². The molecule has 0 unspecified atom stereocenters. The van der Waals surface area contributed by atoms with Gasteiger partial charge in [-0.2, -0.15) is 0 Å². The van der Waals surface area contributed by atoms with Crippen LogP contribution < -0.4 is 0 Å². The molecule has 0 rings (SSSR count). The molecule has 0 aliphatic heterocycles. The Morgan fingerprint density at radius 3 is 2.46 bits per heavy atom. The van der Waals surface area contributed by atoms with Crippen LogP contribution in [0.1, 0.15) is 46.5 Å². The lowest BCUT2D eigenvalue weighted by molar-refractivity contribution is 0.0337. The largest absolute Gasteiger partial charge is 0.508 e. The molecule has 0 heterocycles. The minimum absolute atomic E-state index is 0.0943. The van der Waals surface area contributed by atoms with Crippen LogP contribution in [-0.4, -0.2) is 18.9 Å². The molecule has 0 aliphatic rings. The topological polar surface area (TPSA) is 35.5 Å². The van der Waals surface area contributed by atoms with Crippen molar-refractivity contribution in [3.63, 3.8) is 0 Å². The fraction of sp³-hybridized carbons (Fsp3) is 0.900. The second-order valence-corrected chi connectivity index (χ2v) is 3.33. The minimum atomic E-state index is -0.550. The summed E-state index contributed by atoms with van der Waals surface area (Å²) in [6.45, 7) is 6.23. The van der Waals surface area contributed by atoms with E-state index in [0.29, 0.717) is 6.61 Å². The number of ether oxygens (including phenoxy) is 2. The van der Waals surface area contributed by atoms with Crippen molar-refractivity contribution in [3.8, 4) is 0 Å². The molecule has 0 radical (unpaired) electrons. The van der Waals surface area contributed by atoms with Crippen LogP contribution in [0.3, 0.4) is 0 Å². The standard InChI is InChI=1S/C10H20O3/c1-4-5-6-7-8-12-10(11)13-9(2)3/h9H,4-8H2,1-3H3. The summed E-state index contributed by atoms with van der Waals surface area (Å²) < 4.78 is 9.63. The summed E-state index contributed by atoms with van der Waals surface area (Å²) in [7, 11) is 0. The monoisotopic (exact) mass is 188 g/mol. The Bertz CT molecular complexity index is 132. The third-order valence-electron chi connectivity index (χ3n) is 1.55. The highest BCUT2D eigenvalue weighted by molar-refractivity contribution is 5.59. The first kappa shape index (κ1) is 12.3. The van der Waals surface area contributed by atoms with E-state index in [-0.39, 0.29) is 6.10 Å². The highest BCUT2D eigenvalue weighted by Gasteiger charge is 2.04. The van der Waals surface area contributed by atoms with Gasteiger partial charge in [-0.05, 0) is 20.3 Å². The molecular weight excluding hydrogens is 168 g/mol. The summed E-state index contributed by atoms with van der Waals surface area (Å²) in [5.41, 5.74) is 0. The maximum Gasteiger partial charge on any atom is 0.508 e. The highest BCUT2D eigenvalue weighted by Crippen LogP contribution is 2.00. The van der Waals surface area contributed by atoms with Crippen LogP contribution in [0.2, 0.25) is 0 Å². The van der Waals surface area contributed by atoms with Gasteiger partial charge in [0.15, 0.2) is 0 Å². The molecule has 78 valence electrons. The van der Waals surface area contributed by atoms with Gasteiger partial charge >= 0.3 is 6.16 Å². The third-order valence-corrected chi connectivity index (χ3v) is 1.55. The smallest absolute Gasteiger partial charge is 0.434 e. The van der Waals surface area contributed by atoms with Crippen molar-refractivity contribution in [3.05, 3.63) is 0 Å². The van der Waals surface area contributed by atoms with E-state index >= 15 is 0 Å². The summed E-state index contributed by atoms with van der Waals surface area (Å²) in [6, 6.07) is 0. The Morgan fingerprint density at radius 2 is 1.92 bits per heavy atom. The summed E-state index contributed by atoms with van der Waals surface area (Å²) in [6.07, 6.45) is 3.79. The van der Waals surface area contributed by atoms with E-state index in [2.05, 4.69) is 6.92 Å². The fourth-order valence-electron chi connectivity index (χ4n) is 0.911. The van der Waals surface area contributed by atoms with Crippen LogP contribution in [0, 0.1) is 0 Å². The molecule has 0 aliphatic carbocycles. The molecule has 0 N–H and O–H groups in total. The van der Waals surface area contributed by atoms with E-state index in [1.54, 1.807) is 13.8 Å². The lowest BCUT2D eigenvalue weighted by Gasteiger charge is -2.07. The van der Waals surface area contributed by atoms with E-state index in [1.807, 2.05) is 0 Å². The zero-order valence-electron chi connectivity index (χ0n) is 8.84. The molecule has 0 aromatic carbocycles. The van der Waals surface area contributed by atoms with Gasteiger partial charge in [0.2, 0.25) is 0 Å². The van der Waals surface area contributed by atoms with Crippen molar-refractivity contribution >= 4 is 6.16 Å². The summed E-state index contributed by atoms with van der Waals surface area (Å²) in [5.74, 6) is 0. The Hall–Kier alpha value is -0.730. The van der Waals surface area contributed by atoms with Crippen molar-refractivity contribution in [2.45, 2.75) is 52.6 Å². The molecule has 0 amide bonds. The van der Waals surface area contributed by atoms with Crippen molar-refractivity contribution in [2.75, 3.05) is 6.61 Å². The third kappa shape index (κ3) is 9.18. The fourth-order valence-corrected chi connectivity index (χ4v) is 0.911. The van der Waals surface area contributed by atoms with Gasteiger partial charge < -0.3 is 9.47 Å². The molecule has 0 fully saturated rings.